The molecule has 0 spiro atoms. The minimum absolute atomic E-state index is 0.0152. The molecule has 1 amide bonds. The lowest BCUT2D eigenvalue weighted by Gasteiger charge is -2.28. The van der Waals surface area contributed by atoms with E-state index < -0.39 is 15.9 Å². The van der Waals surface area contributed by atoms with Crippen LogP contribution in [0.2, 0.25) is 0 Å². The largest absolute Gasteiger partial charge is 0.304 e. The van der Waals surface area contributed by atoms with Crippen LogP contribution in [0, 0.1) is 13.8 Å². The number of aryl methyl sites for hydroxylation is 2. The number of anilines is 1. The molecule has 0 saturated heterocycles. The van der Waals surface area contributed by atoms with Gasteiger partial charge >= 0.3 is 0 Å². The molecule has 22 heavy (non-hydrogen) atoms. The summed E-state index contributed by atoms with van der Waals surface area (Å²) in [5, 5.41) is 1.22. The van der Waals surface area contributed by atoms with Crippen LogP contribution < -0.4 is 4.90 Å². The van der Waals surface area contributed by atoms with Crippen molar-refractivity contribution in [2.75, 3.05) is 10.7 Å². The maximum absolute atomic E-state index is 12.6. The van der Waals surface area contributed by atoms with Gasteiger partial charge in [-0.05, 0) is 49.6 Å². The molecule has 0 N–H and O–H groups in total. The number of carbonyl (C=O) groups is 1. The second-order valence-electron chi connectivity index (χ2n) is 5.94. The number of hydrogen-bond acceptors (Lipinski definition) is 3. The van der Waals surface area contributed by atoms with Gasteiger partial charge in [0, 0.05) is 17.5 Å². The first-order valence-electron chi connectivity index (χ1n) is 7.63. The van der Waals surface area contributed by atoms with Gasteiger partial charge in [0.1, 0.15) is 0 Å². The zero-order chi connectivity index (χ0) is 16.3. The van der Waals surface area contributed by atoms with Crippen molar-refractivity contribution in [3.63, 3.8) is 0 Å². The van der Waals surface area contributed by atoms with E-state index in [2.05, 4.69) is 0 Å². The third kappa shape index (κ3) is 3.97. The topological polar surface area (TPSA) is 54.5 Å². The highest BCUT2D eigenvalue weighted by Gasteiger charge is 2.31. The summed E-state index contributed by atoms with van der Waals surface area (Å²) in [6.07, 6.45) is 3.80. The fourth-order valence-electron chi connectivity index (χ4n) is 2.78. The molecule has 1 atom stereocenters. The number of sulfone groups is 1. The van der Waals surface area contributed by atoms with Gasteiger partial charge in [-0.25, -0.2) is 8.42 Å². The summed E-state index contributed by atoms with van der Waals surface area (Å²) >= 11 is 0. The van der Waals surface area contributed by atoms with Crippen LogP contribution >= 0.6 is 0 Å². The van der Waals surface area contributed by atoms with E-state index in [4.69, 9.17) is 0 Å². The molecule has 2 rings (SSSR count). The smallest absolute Gasteiger partial charge is 0.227 e. The molecule has 0 aliphatic carbocycles. The highest BCUT2D eigenvalue weighted by molar-refractivity contribution is 7.94. The monoisotopic (exact) mass is 321 g/mol. The van der Waals surface area contributed by atoms with Crippen molar-refractivity contribution in [3.8, 4) is 0 Å². The number of carbonyl (C=O) groups excluding carboxylic acids is 1. The highest BCUT2D eigenvalue weighted by Crippen LogP contribution is 2.26. The van der Waals surface area contributed by atoms with Crippen LogP contribution in [0.25, 0.3) is 0 Å². The van der Waals surface area contributed by atoms with E-state index in [-0.39, 0.29) is 11.7 Å². The first-order chi connectivity index (χ1) is 10.3. The van der Waals surface area contributed by atoms with Gasteiger partial charge in [0.15, 0.2) is 9.84 Å². The van der Waals surface area contributed by atoms with Crippen molar-refractivity contribution in [2.24, 2.45) is 0 Å². The Bertz CT molecular complexity index is 672. The molecule has 0 saturated carbocycles. The number of rotatable bonds is 5. The molecule has 4 nitrogen and oxygen atoms in total. The van der Waals surface area contributed by atoms with Gasteiger partial charge < -0.3 is 4.90 Å². The second kappa shape index (κ2) is 6.65. The van der Waals surface area contributed by atoms with Crippen LogP contribution in [0.3, 0.4) is 0 Å². The van der Waals surface area contributed by atoms with E-state index in [0.717, 1.165) is 29.7 Å². The Morgan fingerprint density at radius 2 is 1.86 bits per heavy atom. The lowest BCUT2D eigenvalue weighted by molar-refractivity contribution is -0.118. The fourth-order valence-corrected chi connectivity index (χ4v) is 4.05. The van der Waals surface area contributed by atoms with Crippen LogP contribution in [-0.2, 0) is 14.6 Å². The molecule has 0 aromatic heterocycles. The molecule has 1 aliphatic heterocycles. The third-order valence-corrected chi connectivity index (χ3v) is 5.12. The zero-order valence-corrected chi connectivity index (χ0v) is 14.2. The number of unbranched alkanes of at least 4 members (excludes halogenated alkanes) is 1. The predicted molar refractivity (Wildman–Crippen MR) is 89.6 cm³/mol. The maximum Gasteiger partial charge on any atom is 0.227 e. The van der Waals surface area contributed by atoms with Crippen molar-refractivity contribution in [3.05, 3.63) is 40.8 Å². The fraction of sp³-hybridized carbons (Fsp3) is 0.471. The van der Waals surface area contributed by atoms with E-state index in [0.29, 0.717) is 6.42 Å². The minimum atomic E-state index is -3.20. The summed E-state index contributed by atoms with van der Waals surface area (Å²) in [6, 6.07) is 5.51. The standard InChI is InChI=1S/C17H23NO3S/c1-4-5-6-17(19)18(15-7-8-22(20,21)12-15)16-10-13(2)9-14(3)11-16/h7-11,15H,4-6,12H2,1-3H3/t15-/m1/s1. The quantitative estimate of drug-likeness (QED) is 0.837. The van der Waals surface area contributed by atoms with Crippen molar-refractivity contribution >= 4 is 21.4 Å². The van der Waals surface area contributed by atoms with Gasteiger partial charge in [-0.2, -0.15) is 0 Å². The van der Waals surface area contributed by atoms with Crippen molar-refractivity contribution in [2.45, 2.75) is 46.1 Å². The molecule has 1 aromatic carbocycles. The molecule has 0 unspecified atom stereocenters. The summed E-state index contributed by atoms with van der Waals surface area (Å²) in [4.78, 5) is 14.3. The minimum Gasteiger partial charge on any atom is -0.304 e. The maximum atomic E-state index is 12.6. The first kappa shape index (κ1) is 16.7. The molecule has 5 heteroatoms. The van der Waals surface area contributed by atoms with Crippen LogP contribution in [-0.4, -0.2) is 26.1 Å². The Morgan fingerprint density at radius 1 is 1.23 bits per heavy atom. The molecule has 0 fully saturated rings. The molecular formula is C17H23NO3S. The molecule has 0 bridgehead atoms. The van der Waals surface area contributed by atoms with E-state index in [9.17, 15) is 13.2 Å². The Morgan fingerprint density at radius 3 is 2.36 bits per heavy atom. The van der Waals surface area contributed by atoms with E-state index >= 15 is 0 Å². The lowest BCUT2D eigenvalue weighted by Crippen LogP contribution is -2.41. The molecule has 1 aromatic rings. The Hall–Kier alpha value is -1.62. The molecule has 1 heterocycles. The third-order valence-electron chi connectivity index (χ3n) is 3.74. The van der Waals surface area contributed by atoms with E-state index in [1.54, 1.807) is 11.0 Å². The van der Waals surface area contributed by atoms with Gasteiger partial charge in [-0.1, -0.05) is 19.4 Å². The average Bonchev–Trinajstić information content (AvgIpc) is 2.75. The predicted octanol–water partition coefficient (Wildman–Crippen LogP) is 3.14. The van der Waals surface area contributed by atoms with Crippen LogP contribution in [0.15, 0.2) is 29.7 Å². The van der Waals surface area contributed by atoms with E-state index in [1.165, 1.54) is 5.41 Å². The summed E-state index contributed by atoms with van der Waals surface area (Å²) < 4.78 is 23.4. The average molecular weight is 321 g/mol. The SMILES string of the molecule is CCCCC(=O)N(c1cc(C)cc(C)c1)[C@@H]1C=CS(=O)(=O)C1. The Labute approximate surface area is 132 Å². The van der Waals surface area contributed by atoms with Gasteiger partial charge in [0.05, 0.1) is 11.8 Å². The second-order valence-corrected chi connectivity index (χ2v) is 7.87. The van der Waals surface area contributed by atoms with Crippen LogP contribution in [0.1, 0.15) is 37.3 Å². The molecular weight excluding hydrogens is 298 g/mol. The van der Waals surface area contributed by atoms with Gasteiger partial charge in [-0.3, -0.25) is 4.79 Å². The van der Waals surface area contributed by atoms with Gasteiger partial charge in [0.25, 0.3) is 0 Å². The van der Waals surface area contributed by atoms with Crippen molar-refractivity contribution in [1.29, 1.82) is 0 Å². The van der Waals surface area contributed by atoms with Gasteiger partial charge in [-0.15, -0.1) is 0 Å². The summed E-state index contributed by atoms with van der Waals surface area (Å²) in [5.74, 6) is -0.0451. The summed E-state index contributed by atoms with van der Waals surface area (Å²) in [5.41, 5.74) is 2.91. The molecule has 1 aliphatic rings. The number of hydrogen-bond donors (Lipinski definition) is 0. The normalized spacial score (nSPS) is 19.3. The number of amides is 1. The Balaban J connectivity index is 2.37. The van der Waals surface area contributed by atoms with Crippen molar-refractivity contribution < 1.29 is 13.2 Å². The van der Waals surface area contributed by atoms with Gasteiger partial charge in [0.2, 0.25) is 5.91 Å². The molecule has 120 valence electrons. The lowest BCUT2D eigenvalue weighted by atomic mass is 10.1. The zero-order valence-electron chi connectivity index (χ0n) is 13.4. The molecule has 0 radical (unpaired) electrons. The summed E-state index contributed by atoms with van der Waals surface area (Å²) in [6.45, 7) is 5.99. The first-order valence-corrected chi connectivity index (χ1v) is 9.35. The number of benzene rings is 1. The highest BCUT2D eigenvalue weighted by atomic mass is 32.2. The van der Waals surface area contributed by atoms with E-state index in [1.807, 2.05) is 39.0 Å². The van der Waals surface area contributed by atoms with Crippen LogP contribution in [0.4, 0.5) is 5.69 Å². The summed E-state index contributed by atoms with van der Waals surface area (Å²) in [7, 11) is -3.20. The van der Waals surface area contributed by atoms with Crippen molar-refractivity contribution in [1.82, 2.24) is 0 Å². The Kier molecular flexibility index (Phi) is 5.06. The number of nitrogens with zero attached hydrogens (tertiary/aromatic N) is 1. The van der Waals surface area contributed by atoms with Crippen LogP contribution in [0.5, 0.6) is 0 Å².